The smallest absolute Gasteiger partial charge is 0.340 e. The van der Waals surface area contributed by atoms with Gasteiger partial charge in [0.1, 0.15) is 17.9 Å². The quantitative estimate of drug-likeness (QED) is 0.454. The lowest BCUT2D eigenvalue weighted by Gasteiger charge is -2.47. The number of amides is 1. The van der Waals surface area contributed by atoms with Gasteiger partial charge >= 0.3 is 5.63 Å². The van der Waals surface area contributed by atoms with Crippen molar-refractivity contribution in [2.75, 3.05) is 13.1 Å². The van der Waals surface area contributed by atoms with Crippen LogP contribution in [0.2, 0.25) is 0 Å². The molecule has 0 radical (unpaired) electrons. The Hall–Kier alpha value is -2.64. The van der Waals surface area contributed by atoms with Crippen LogP contribution < -0.4 is 10.4 Å². The van der Waals surface area contributed by atoms with Gasteiger partial charge in [0.05, 0.1) is 17.6 Å². The van der Waals surface area contributed by atoms with Gasteiger partial charge in [-0.3, -0.25) is 4.79 Å². The van der Waals surface area contributed by atoms with Crippen molar-refractivity contribution in [2.24, 2.45) is 5.92 Å². The zero-order valence-corrected chi connectivity index (χ0v) is 21.5. The molecule has 1 saturated carbocycles. The molecule has 1 aliphatic heterocycles. The van der Waals surface area contributed by atoms with Gasteiger partial charge in [0.15, 0.2) is 0 Å². The maximum Gasteiger partial charge on any atom is 0.340 e. The van der Waals surface area contributed by atoms with Crippen molar-refractivity contribution in [3.05, 3.63) is 74.0 Å². The van der Waals surface area contributed by atoms with Crippen molar-refractivity contribution in [2.45, 2.75) is 57.7 Å². The van der Waals surface area contributed by atoms with Gasteiger partial charge in [-0.05, 0) is 61.6 Å². The van der Waals surface area contributed by atoms with E-state index in [0.29, 0.717) is 43.0 Å². The number of hydrogen-bond acceptors (Lipinski definition) is 5. The number of ether oxygens (including phenoxy) is 1. The predicted octanol–water partition coefficient (Wildman–Crippen LogP) is 5.14. The van der Waals surface area contributed by atoms with Gasteiger partial charge in [-0.25, -0.2) is 4.79 Å². The van der Waals surface area contributed by atoms with E-state index in [0.717, 1.165) is 46.7 Å². The van der Waals surface area contributed by atoms with Crippen LogP contribution in [0.4, 0.5) is 0 Å². The molecule has 184 valence electrons. The lowest BCUT2D eigenvalue weighted by Crippen LogP contribution is -2.55. The van der Waals surface area contributed by atoms with Crippen LogP contribution in [0.1, 0.15) is 48.8 Å². The predicted molar refractivity (Wildman–Crippen MR) is 138 cm³/mol. The van der Waals surface area contributed by atoms with Crippen molar-refractivity contribution in [1.29, 1.82) is 0 Å². The summed E-state index contributed by atoms with van der Waals surface area (Å²) in [6.07, 6.45) is 4.53. The molecule has 2 heterocycles. The van der Waals surface area contributed by atoms with Crippen LogP contribution in [0.15, 0.2) is 56.1 Å². The Bertz CT molecular complexity index is 1320. The number of carbonyl (C=O) groups is 1. The molecule has 5 rings (SSSR count). The first-order valence-corrected chi connectivity index (χ1v) is 13.1. The normalized spacial score (nSPS) is 22.1. The van der Waals surface area contributed by atoms with Crippen LogP contribution in [0.25, 0.3) is 11.0 Å². The fourth-order valence-electron chi connectivity index (χ4n) is 5.52. The molecule has 0 spiro atoms. The molecule has 0 bridgehead atoms. The summed E-state index contributed by atoms with van der Waals surface area (Å²) in [6.45, 7) is 3.35. The number of aryl methyl sites for hydroxylation is 1. The number of hydrogen-bond donors (Lipinski definition) is 1. The van der Waals surface area contributed by atoms with E-state index in [1.807, 2.05) is 48.2 Å². The molecule has 2 fully saturated rings. The number of nitrogens with zero attached hydrogens (tertiary/aromatic N) is 1. The van der Waals surface area contributed by atoms with Gasteiger partial charge < -0.3 is 19.2 Å². The molecule has 1 aliphatic carbocycles. The second-order valence-electron chi connectivity index (χ2n) is 9.88. The number of fused-ring (bicyclic) bond motifs is 2. The van der Waals surface area contributed by atoms with E-state index < -0.39 is 11.2 Å². The molecule has 1 N–H and O–H groups in total. The highest BCUT2D eigenvalue weighted by Crippen LogP contribution is 2.40. The highest BCUT2D eigenvalue weighted by Gasteiger charge is 2.43. The molecule has 1 amide bonds. The summed E-state index contributed by atoms with van der Waals surface area (Å²) >= 11 is 3.46. The number of carbonyl (C=O) groups excluding carboxylic acids is 1. The largest absolute Gasteiger partial charge is 0.489 e. The Morgan fingerprint density at radius 2 is 2.09 bits per heavy atom. The maximum absolute atomic E-state index is 13.1. The van der Waals surface area contributed by atoms with E-state index >= 15 is 0 Å². The third-order valence-electron chi connectivity index (χ3n) is 7.66. The van der Waals surface area contributed by atoms with Crippen molar-refractivity contribution in [1.82, 2.24) is 4.90 Å². The lowest BCUT2D eigenvalue weighted by molar-refractivity contribution is -0.142. The summed E-state index contributed by atoms with van der Waals surface area (Å²) in [4.78, 5) is 27.8. The SMILES string of the molecule is Cc1c(CC(=O)N2CC[C@]3(O)CCCC[C@H]3C2)c(=O)oc2cc(OCc3cccc(Br)c3)ccc12. The van der Waals surface area contributed by atoms with Gasteiger partial charge in [-0.1, -0.05) is 40.9 Å². The molecule has 0 unspecified atom stereocenters. The van der Waals surface area contributed by atoms with E-state index in [4.69, 9.17) is 9.15 Å². The minimum absolute atomic E-state index is 0.0103. The first-order valence-electron chi connectivity index (χ1n) is 12.3. The maximum atomic E-state index is 13.1. The van der Waals surface area contributed by atoms with E-state index in [2.05, 4.69) is 15.9 Å². The second kappa shape index (κ2) is 9.78. The molecular weight excluding hydrogens is 510 g/mol. The van der Waals surface area contributed by atoms with Crippen molar-refractivity contribution in [3.8, 4) is 5.75 Å². The molecule has 2 aromatic carbocycles. The lowest BCUT2D eigenvalue weighted by atomic mass is 9.71. The van der Waals surface area contributed by atoms with Crippen LogP contribution in [-0.2, 0) is 17.8 Å². The van der Waals surface area contributed by atoms with E-state index in [9.17, 15) is 14.7 Å². The summed E-state index contributed by atoms with van der Waals surface area (Å²) in [5.74, 6) is 0.650. The summed E-state index contributed by atoms with van der Waals surface area (Å²) in [5.41, 5.74) is 1.50. The van der Waals surface area contributed by atoms with E-state index in [1.54, 1.807) is 6.07 Å². The zero-order valence-electron chi connectivity index (χ0n) is 19.9. The molecule has 1 aromatic heterocycles. The van der Waals surface area contributed by atoms with Crippen LogP contribution in [0, 0.1) is 12.8 Å². The van der Waals surface area contributed by atoms with Gasteiger partial charge in [0.25, 0.3) is 0 Å². The summed E-state index contributed by atoms with van der Waals surface area (Å²) < 4.78 is 12.5. The van der Waals surface area contributed by atoms with Crippen LogP contribution in [0.3, 0.4) is 0 Å². The fraction of sp³-hybridized carbons (Fsp3) is 0.429. The molecule has 1 saturated heterocycles. The third-order valence-corrected chi connectivity index (χ3v) is 8.15. The van der Waals surface area contributed by atoms with Crippen molar-refractivity contribution >= 4 is 32.8 Å². The first-order chi connectivity index (χ1) is 16.8. The zero-order chi connectivity index (χ0) is 24.6. The molecule has 6 nitrogen and oxygen atoms in total. The highest BCUT2D eigenvalue weighted by atomic mass is 79.9. The van der Waals surface area contributed by atoms with E-state index in [1.165, 1.54) is 0 Å². The number of piperidine rings is 1. The minimum atomic E-state index is -0.635. The van der Waals surface area contributed by atoms with Crippen LogP contribution in [-0.4, -0.2) is 34.6 Å². The highest BCUT2D eigenvalue weighted by molar-refractivity contribution is 9.10. The van der Waals surface area contributed by atoms with E-state index in [-0.39, 0.29) is 18.2 Å². The fourth-order valence-corrected chi connectivity index (χ4v) is 5.97. The number of benzene rings is 2. The molecule has 2 atom stereocenters. The average molecular weight is 540 g/mol. The second-order valence-corrected chi connectivity index (χ2v) is 10.8. The number of likely N-dealkylation sites (tertiary alicyclic amines) is 1. The number of rotatable bonds is 5. The van der Waals surface area contributed by atoms with Gasteiger partial charge in [0.2, 0.25) is 5.91 Å². The topological polar surface area (TPSA) is 80.0 Å². The Labute approximate surface area is 213 Å². The van der Waals surface area contributed by atoms with Crippen LogP contribution >= 0.6 is 15.9 Å². The molecule has 7 heteroatoms. The summed E-state index contributed by atoms with van der Waals surface area (Å²) in [6, 6.07) is 13.3. The van der Waals surface area contributed by atoms with Crippen molar-refractivity contribution < 1.29 is 19.1 Å². The minimum Gasteiger partial charge on any atom is -0.489 e. The monoisotopic (exact) mass is 539 g/mol. The average Bonchev–Trinajstić information content (AvgIpc) is 2.84. The Morgan fingerprint density at radius 1 is 1.23 bits per heavy atom. The summed E-state index contributed by atoms with van der Waals surface area (Å²) in [7, 11) is 0. The number of halogens is 1. The van der Waals surface area contributed by atoms with Crippen molar-refractivity contribution in [3.63, 3.8) is 0 Å². The van der Waals surface area contributed by atoms with Gasteiger partial charge in [0, 0.05) is 34.9 Å². The third kappa shape index (κ3) is 5.02. The molecule has 2 aliphatic rings. The first kappa shape index (κ1) is 24.1. The standard InChI is InChI=1S/C28H30BrNO5/c1-18-23-9-8-22(34-17-19-5-4-7-21(29)13-19)14-25(23)35-27(32)24(18)15-26(31)30-12-11-28(33)10-3-2-6-20(28)16-30/h4-5,7-9,13-14,20,33H,2-3,6,10-12,15-17H2,1H3/t20-,28+/m0/s1. The van der Waals surface area contributed by atoms with Crippen LogP contribution in [0.5, 0.6) is 5.75 Å². The number of aliphatic hydroxyl groups is 1. The molecular formula is C28H30BrNO5. The van der Waals surface area contributed by atoms with Gasteiger partial charge in [-0.15, -0.1) is 0 Å². The van der Waals surface area contributed by atoms with Gasteiger partial charge in [-0.2, -0.15) is 0 Å². The molecule has 35 heavy (non-hydrogen) atoms. The summed E-state index contributed by atoms with van der Waals surface area (Å²) in [5, 5.41) is 11.7. The Morgan fingerprint density at radius 3 is 2.91 bits per heavy atom. The Balaban J connectivity index is 1.31. The molecule has 3 aromatic rings. The Kier molecular flexibility index (Phi) is 6.73.